The highest BCUT2D eigenvalue weighted by atomic mass is 32.2. The summed E-state index contributed by atoms with van der Waals surface area (Å²) < 4.78 is 33.6. The van der Waals surface area contributed by atoms with E-state index < -0.39 is 21.3 Å². The van der Waals surface area contributed by atoms with Crippen LogP contribution in [0.5, 0.6) is 5.75 Å². The van der Waals surface area contributed by atoms with Gasteiger partial charge in [-0.15, -0.1) is 0 Å². The van der Waals surface area contributed by atoms with E-state index in [1.165, 1.54) is 12.3 Å². The molecule has 0 radical (unpaired) electrons. The molecule has 0 spiro atoms. The van der Waals surface area contributed by atoms with Crippen molar-refractivity contribution in [1.82, 2.24) is 14.9 Å². The van der Waals surface area contributed by atoms with Crippen molar-refractivity contribution >= 4 is 26.8 Å². The maximum atomic E-state index is 13.1. The van der Waals surface area contributed by atoms with E-state index in [-0.39, 0.29) is 4.90 Å². The summed E-state index contributed by atoms with van der Waals surface area (Å²) in [5.41, 5.74) is 1.52. The van der Waals surface area contributed by atoms with Gasteiger partial charge in [0.05, 0.1) is 29.1 Å². The fraction of sp³-hybridized carbons (Fsp3) is 0.300. The summed E-state index contributed by atoms with van der Waals surface area (Å²) in [5.74, 6) is 0.0683. The Hall–Kier alpha value is -2.87. The molecule has 1 heterocycles. The van der Waals surface area contributed by atoms with Crippen LogP contribution in [0.15, 0.2) is 47.5 Å². The number of hydrogen-bond acceptors (Lipinski definition) is 5. The Morgan fingerprint density at radius 1 is 1.29 bits per heavy atom. The number of nitrogens with one attached hydrogen (secondary N) is 2. The second-order valence-corrected chi connectivity index (χ2v) is 8.64. The minimum Gasteiger partial charge on any atom is -0.496 e. The van der Waals surface area contributed by atoms with Crippen LogP contribution < -0.4 is 9.46 Å². The third-order valence-electron chi connectivity index (χ3n) is 5.33. The molecule has 3 aromatic rings. The van der Waals surface area contributed by atoms with Crippen LogP contribution >= 0.6 is 0 Å². The predicted molar refractivity (Wildman–Crippen MR) is 105 cm³/mol. The minimum atomic E-state index is -4.04. The molecule has 0 unspecified atom stereocenters. The van der Waals surface area contributed by atoms with Crippen LogP contribution in [0.25, 0.3) is 10.9 Å². The van der Waals surface area contributed by atoms with Gasteiger partial charge in [-0.3, -0.25) is 9.89 Å². The number of amides is 1. The van der Waals surface area contributed by atoms with Crippen LogP contribution in [-0.4, -0.2) is 31.6 Å². The predicted octanol–water partition coefficient (Wildman–Crippen LogP) is 2.67. The Morgan fingerprint density at radius 2 is 2.07 bits per heavy atom. The summed E-state index contributed by atoms with van der Waals surface area (Å²) in [6.45, 7) is 2.03. The lowest BCUT2D eigenvalue weighted by atomic mass is 9.92. The lowest BCUT2D eigenvalue weighted by molar-refractivity contribution is -0.121. The summed E-state index contributed by atoms with van der Waals surface area (Å²) in [4.78, 5) is 13.1. The van der Waals surface area contributed by atoms with Crippen molar-refractivity contribution in [3.05, 3.63) is 53.7 Å². The van der Waals surface area contributed by atoms with Crippen molar-refractivity contribution in [2.75, 3.05) is 7.11 Å². The van der Waals surface area contributed by atoms with Gasteiger partial charge in [-0.1, -0.05) is 25.1 Å². The lowest BCUT2D eigenvalue weighted by Crippen LogP contribution is -2.39. The summed E-state index contributed by atoms with van der Waals surface area (Å²) in [7, 11) is -2.49. The maximum absolute atomic E-state index is 13.1. The standard InChI is InChI=1S/C20H21N3O4S/c1-3-13-7-8-17(27-2)15(11-13)20(9-10-20)19(24)23-28(25,26)18-6-4-5-16-14(18)12-21-22-16/h4-8,11-12H,3,9-10H2,1-2H3,(H,21,22)(H,23,24). The number of carbonyl (C=O) groups excluding carboxylic acids is 1. The summed E-state index contributed by atoms with van der Waals surface area (Å²) >= 11 is 0. The smallest absolute Gasteiger partial charge is 0.264 e. The first kappa shape index (κ1) is 18.5. The lowest BCUT2D eigenvalue weighted by Gasteiger charge is -2.19. The minimum absolute atomic E-state index is 0.0252. The number of aryl methyl sites for hydroxylation is 1. The number of fused-ring (bicyclic) bond motifs is 1. The Labute approximate surface area is 163 Å². The molecular formula is C20H21N3O4S. The van der Waals surface area contributed by atoms with Gasteiger partial charge in [0.15, 0.2) is 0 Å². The van der Waals surface area contributed by atoms with E-state index in [0.717, 1.165) is 17.5 Å². The third-order valence-corrected chi connectivity index (χ3v) is 6.72. The van der Waals surface area contributed by atoms with Crippen molar-refractivity contribution in [3.63, 3.8) is 0 Å². The highest BCUT2D eigenvalue weighted by Crippen LogP contribution is 2.52. The van der Waals surface area contributed by atoms with Gasteiger partial charge in [0.2, 0.25) is 5.91 Å². The quantitative estimate of drug-likeness (QED) is 0.664. The number of rotatable bonds is 6. The molecular weight excluding hydrogens is 378 g/mol. The molecule has 0 bridgehead atoms. The Balaban J connectivity index is 1.70. The van der Waals surface area contributed by atoms with Crippen molar-refractivity contribution in [2.45, 2.75) is 36.5 Å². The number of carbonyl (C=O) groups is 1. The van der Waals surface area contributed by atoms with Crippen molar-refractivity contribution in [3.8, 4) is 5.75 Å². The summed E-state index contributed by atoms with van der Waals surface area (Å²) in [5, 5.41) is 7.07. The second kappa shape index (κ2) is 6.63. The van der Waals surface area contributed by atoms with E-state index in [9.17, 15) is 13.2 Å². The van der Waals surface area contributed by atoms with Gasteiger partial charge >= 0.3 is 0 Å². The molecule has 1 aromatic heterocycles. The number of benzene rings is 2. The molecule has 1 aliphatic carbocycles. The molecule has 1 saturated carbocycles. The van der Waals surface area contributed by atoms with Gasteiger partial charge in [0.25, 0.3) is 10.0 Å². The molecule has 0 aliphatic heterocycles. The molecule has 1 aliphatic rings. The number of methoxy groups -OCH3 is 1. The van der Waals surface area contributed by atoms with Crippen molar-refractivity contribution in [2.24, 2.45) is 0 Å². The van der Waals surface area contributed by atoms with E-state index in [2.05, 4.69) is 14.9 Å². The van der Waals surface area contributed by atoms with Crippen LogP contribution in [-0.2, 0) is 26.7 Å². The zero-order chi connectivity index (χ0) is 19.9. The van der Waals surface area contributed by atoms with Gasteiger partial charge in [-0.25, -0.2) is 13.1 Å². The highest BCUT2D eigenvalue weighted by molar-refractivity contribution is 7.90. The molecule has 8 heteroatoms. The number of sulfonamides is 1. The molecule has 0 atom stereocenters. The Kier molecular flexibility index (Phi) is 4.38. The Bertz CT molecular complexity index is 1160. The van der Waals surface area contributed by atoms with E-state index in [1.54, 1.807) is 19.2 Å². The number of nitrogens with zero attached hydrogens (tertiary/aromatic N) is 1. The fourth-order valence-electron chi connectivity index (χ4n) is 3.54. The molecule has 7 nitrogen and oxygen atoms in total. The molecule has 2 aromatic carbocycles. The first-order chi connectivity index (χ1) is 13.4. The average Bonchev–Trinajstić information content (AvgIpc) is 3.37. The molecule has 2 N–H and O–H groups in total. The topological polar surface area (TPSA) is 101 Å². The van der Waals surface area contributed by atoms with Gasteiger partial charge < -0.3 is 4.74 Å². The SMILES string of the molecule is CCc1ccc(OC)c(C2(C(=O)NS(=O)(=O)c3cccc4[nH]ncc34)CC2)c1. The van der Waals surface area contributed by atoms with Crippen molar-refractivity contribution in [1.29, 1.82) is 0 Å². The molecule has 0 saturated heterocycles. The first-order valence-corrected chi connectivity index (χ1v) is 10.6. The molecule has 1 amide bonds. The first-order valence-electron chi connectivity index (χ1n) is 9.08. The molecule has 1 fully saturated rings. The zero-order valence-corrected chi connectivity index (χ0v) is 16.5. The number of H-pyrrole nitrogens is 1. The number of aromatic amines is 1. The average molecular weight is 399 g/mol. The van der Waals surface area contributed by atoms with E-state index in [4.69, 9.17) is 4.74 Å². The highest BCUT2D eigenvalue weighted by Gasteiger charge is 2.54. The van der Waals surface area contributed by atoms with Gasteiger partial charge in [0.1, 0.15) is 5.75 Å². The van der Waals surface area contributed by atoms with Gasteiger partial charge in [0, 0.05) is 10.9 Å². The maximum Gasteiger partial charge on any atom is 0.264 e. The number of aromatic nitrogens is 2. The van der Waals surface area contributed by atoms with Crippen LogP contribution in [0.2, 0.25) is 0 Å². The van der Waals surface area contributed by atoms with Crippen molar-refractivity contribution < 1.29 is 17.9 Å². The number of ether oxygens (including phenoxy) is 1. The fourth-order valence-corrected chi connectivity index (χ4v) is 4.80. The van der Waals surface area contributed by atoms with Crippen LogP contribution in [0.4, 0.5) is 0 Å². The van der Waals surface area contributed by atoms with E-state index in [1.807, 2.05) is 25.1 Å². The van der Waals surface area contributed by atoms with Crippen LogP contribution in [0.1, 0.15) is 30.9 Å². The molecule has 146 valence electrons. The van der Waals surface area contributed by atoms with E-state index >= 15 is 0 Å². The summed E-state index contributed by atoms with van der Waals surface area (Å²) in [6, 6.07) is 10.5. The van der Waals surface area contributed by atoms with E-state index in [0.29, 0.717) is 29.5 Å². The Morgan fingerprint density at radius 3 is 2.75 bits per heavy atom. The summed E-state index contributed by atoms with van der Waals surface area (Å²) in [6.07, 6.45) is 3.41. The number of hydrogen-bond donors (Lipinski definition) is 2. The largest absolute Gasteiger partial charge is 0.496 e. The van der Waals surface area contributed by atoms with Gasteiger partial charge in [-0.05, 0) is 43.0 Å². The normalized spacial score (nSPS) is 15.4. The third kappa shape index (κ3) is 2.93. The molecule has 28 heavy (non-hydrogen) atoms. The second-order valence-electron chi connectivity index (χ2n) is 6.99. The molecule has 4 rings (SSSR count). The van der Waals surface area contributed by atoms with Gasteiger partial charge in [-0.2, -0.15) is 5.10 Å². The van der Waals surface area contributed by atoms with Crippen LogP contribution in [0, 0.1) is 0 Å². The monoisotopic (exact) mass is 399 g/mol. The zero-order valence-electron chi connectivity index (χ0n) is 15.7. The van der Waals surface area contributed by atoms with Crippen LogP contribution in [0.3, 0.4) is 0 Å².